The molecule has 0 fully saturated rings. The van der Waals surface area contributed by atoms with Crippen LogP contribution in [-0.2, 0) is 14.8 Å². The maximum atomic E-state index is 14.2. The molecule has 1 amide bonds. The highest BCUT2D eigenvalue weighted by atomic mass is 35.5. The number of unbranched alkanes of at least 4 members (excludes halogenated alkanes) is 15. The lowest BCUT2D eigenvalue weighted by Crippen LogP contribution is -2.47. The topological polar surface area (TPSA) is 143 Å². The molecule has 2 N–H and O–H groups in total. The van der Waals surface area contributed by atoms with E-state index in [1.165, 1.54) is 94.3 Å². The summed E-state index contributed by atoms with van der Waals surface area (Å²) >= 11 is 6.30. The number of amidine groups is 1. The Bertz CT molecular complexity index is 1780. The summed E-state index contributed by atoms with van der Waals surface area (Å²) in [5, 5.41) is 17.1. The largest absolute Gasteiger partial charge is 0.495 e. The van der Waals surface area contributed by atoms with E-state index in [9.17, 15) is 23.1 Å². The molecule has 0 spiro atoms. The SMILES string of the molecule is CCCCCCCCCCCCCCCCCCN1C(C(C(=O)Nc2cc(C)c(Cl)cc2OC)n2cc(C(=O)O)cn2)=Nc2ccccc2S1(=O)=O. The Morgan fingerprint density at radius 1 is 0.904 bits per heavy atom. The first-order valence-corrected chi connectivity index (χ1v) is 20.5. The Morgan fingerprint density at radius 2 is 1.48 bits per heavy atom. The van der Waals surface area contributed by atoms with Crippen LogP contribution in [0.1, 0.15) is 132 Å². The summed E-state index contributed by atoms with van der Waals surface area (Å²) < 4.78 is 36.1. The molecule has 13 heteroatoms. The number of hydrogen-bond donors (Lipinski definition) is 2. The van der Waals surface area contributed by atoms with Gasteiger partial charge < -0.3 is 15.2 Å². The van der Waals surface area contributed by atoms with Crippen LogP contribution in [0.5, 0.6) is 5.75 Å². The van der Waals surface area contributed by atoms with E-state index in [0.29, 0.717) is 28.4 Å². The van der Waals surface area contributed by atoms with Crippen LogP contribution in [-0.4, -0.2) is 59.0 Å². The van der Waals surface area contributed by atoms with Crippen LogP contribution in [0, 0.1) is 6.92 Å². The minimum absolute atomic E-state index is 0.0380. The molecule has 0 saturated heterocycles. The number of rotatable bonds is 23. The van der Waals surface area contributed by atoms with Crippen LogP contribution in [0.3, 0.4) is 0 Å². The van der Waals surface area contributed by atoms with Gasteiger partial charge in [-0.1, -0.05) is 127 Å². The van der Waals surface area contributed by atoms with Crippen molar-refractivity contribution in [3.63, 3.8) is 0 Å². The number of aromatic carboxylic acids is 1. The molecule has 0 saturated carbocycles. The molecule has 1 aromatic heterocycles. The number of hydrogen-bond acceptors (Lipinski definition) is 7. The number of nitrogens with one attached hydrogen (secondary N) is 1. The van der Waals surface area contributed by atoms with Crippen LogP contribution < -0.4 is 10.1 Å². The molecule has 1 aliphatic heterocycles. The van der Waals surface area contributed by atoms with Crippen molar-refractivity contribution in [2.45, 2.75) is 128 Å². The molecule has 2 heterocycles. The third-order valence-electron chi connectivity index (χ3n) is 9.48. The standard InChI is InChI=1S/C39H54ClN5O6S/c1-4-5-6-7-8-9-10-11-12-13-14-15-16-17-18-21-24-45-37(42-32-22-19-20-23-35(32)52(45,49)50)36(44-28-30(27-41-44)39(47)48)38(46)43-33-25-29(2)31(40)26-34(33)51-3/h19-20,22-23,25-28,36H,4-18,21,24H2,1-3H3,(H,43,46)(H,47,48). The molecule has 3 aromatic rings. The number of fused-ring (bicyclic) bond motifs is 1. The highest BCUT2D eigenvalue weighted by Gasteiger charge is 2.41. The van der Waals surface area contributed by atoms with Gasteiger partial charge in [0.2, 0.25) is 0 Å². The van der Waals surface area contributed by atoms with Gasteiger partial charge in [-0.3, -0.25) is 13.8 Å². The molecular weight excluding hydrogens is 702 g/mol. The summed E-state index contributed by atoms with van der Waals surface area (Å²) in [7, 11) is -2.68. The van der Waals surface area contributed by atoms with Gasteiger partial charge >= 0.3 is 5.97 Å². The lowest BCUT2D eigenvalue weighted by molar-refractivity contribution is -0.117. The van der Waals surface area contributed by atoms with Gasteiger partial charge in [-0.15, -0.1) is 0 Å². The number of aromatic nitrogens is 2. The molecule has 1 atom stereocenters. The van der Waals surface area contributed by atoms with Gasteiger partial charge in [0.05, 0.1) is 30.2 Å². The first-order valence-electron chi connectivity index (χ1n) is 18.7. The summed E-state index contributed by atoms with van der Waals surface area (Å²) in [6.45, 7) is 4.12. The van der Waals surface area contributed by atoms with Gasteiger partial charge in [-0.2, -0.15) is 5.10 Å². The average Bonchev–Trinajstić information content (AvgIpc) is 3.61. The van der Waals surface area contributed by atoms with Crippen LogP contribution in [0.2, 0.25) is 5.02 Å². The first kappa shape index (κ1) is 40.9. The van der Waals surface area contributed by atoms with E-state index in [-0.39, 0.29) is 28.5 Å². The molecule has 11 nitrogen and oxygen atoms in total. The van der Waals surface area contributed by atoms with E-state index in [1.54, 1.807) is 37.3 Å². The Balaban J connectivity index is 1.45. The third kappa shape index (κ3) is 11.1. The van der Waals surface area contributed by atoms with Crippen molar-refractivity contribution in [2.75, 3.05) is 19.0 Å². The van der Waals surface area contributed by atoms with Crippen LogP contribution >= 0.6 is 11.6 Å². The minimum Gasteiger partial charge on any atom is -0.495 e. The van der Waals surface area contributed by atoms with Crippen molar-refractivity contribution < 1.29 is 27.9 Å². The highest BCUT2D eigenvalue weighted by Crippen LogP contribution is 2.37. The predicted octanol–water partition coefficient (Wildman–Crippen LogP) is 9.73. The van der Waals surface area contributed by atoms with E-state index in [2.05, 4.69) is 17.3 Å². The third-order valence-corrected chi connectivity index (χ3v) is 11.7. The average molecular weight is 756 g/mol. The van der Waals surface area contributed by atoms with Gasteiger partial charge in [0, 0.05) is 23.8 Å². The summed E-state index contributed by atoms with van der Waals surface area (Å²) in [6.07, 6.45) is 21.3. The zero-order chi connectivity index (χ0) is 37.5. The van der Waals surface area contributed by atoms with Crippen molar-refractivity contribution in [1.82, 2.24) is 14.1 Å². The van der Waals surface area contributed by atoms with Crippen LogP contribution in [0.4, 0.5) is 11.4 Å². The summed E-state index contributed by atoms with van der Waals surface area (Å²) in [5.74, 6) is -1.72. The maximum absolute atomic E-state index is 14.2. The monoisotopic (exact) mass is 755 g/mol. The number of sulfonamides is 1. The van der Waals surface area contributed by atoms with Crippen molar-refractivity contribution in [1.29, 1.82) is 0 Å². The summed E-state index contributed by atoms with van der Waals surface area (Å²) in [5.41, 5.74) is 0.998. The second kappa shape index (κ2) is 20.4. The number of benzene rings is 2. The van der Waals surface area contributed by atoms with Gasteiger partial charge in [0.1, 0.15) is 10.6 Å². The first-order chi connectivity index (χ1) is 25.1. The fourth-order valence-corrected chi connectivity index (χ4v) is 8.28. The summed E-state index contributed by atoms with van der Waals surface area (Å²) in [4.78, 5) is 30.8. The fraction of sp³-hybridized carbons (Fsp3) is 0.538. The number of carbonyl (C=O) groups is 2. The van der Waals surface area contributed by atoms with E-state index >= 15 is 0 Å². The second-order valence-corrected chi connectivity index (χ2v) is 15.8. The Morgan fingerprint density at radius 3 is 2.04 bits per heavy atom. The number of anilines is 1. The number of aliphatic imine (C=N–C) groups is 1. The molecule has 284 valence electrons. The number of carboxylic acid groups (broad SMARTS) is 1. The lowest BCUT2D eigenvalue weighted by atomic mass is 10.0. The van der Waals surface area contributed by atoms with Crippen molar-refractivity contribution in [3.05, 3.63) is 64.9 Å². The molecule has 0 bridgehead atoms. The molecule has 0 radical (unpaired) electrons. The number of carbonyl (C=O) groups excluding carboxylic acids is 1. The number of aryl methyl sites for hydroxylation is 1. The number of carboxylic acids is 1. The molecule has 52 heavy (non-hydrogen) atoms. The second-order valence-electron chi connectivity index (χ2n) is 13.5. The highest BCUT2D eigenvalue weighted by molar-refractivity contribution is 7.90. The number of para-hydroxylation sites is 1. The fourth-order valence-electron chi connectivity index (χ4n) is 6.50. The van der Waals surface area contributed by atoms with Crippen LogP contribution in [0.15, 0.2) is 58.7 Å². The molecule has 1 aliphatic rings. The van der Waals surface area contributed by atoms with Crippen molar-refractivity contribution >= 4 is 50.7 Å². The Labute approximate surface area is 313 Å². The van der Waals surface area contributed by atoms with E-state index in [4.69, 9.17) is 21.3 Å². The Hall–Kier alpha value is -3.90. The molecule has 1 unspecified atom stereocenters. The molecule has 2 aromatic carbocycles. The molecular formula is C39H54ClN5O6S. The number of amides is 1. The predicted molar refractivity (Wildman–Crippen MR) is 207 cm³/mol. The smallest absolute Gasteiger partial charge is 0.338 e. The Kier molecular flexibility index (Phi) is 16.0. The number of halogens is 1. The number of nitrogens with zero attached hydrogens (tertiary/aromatic N) is 4. The van der Waals surface area contributed by atoms with Crippen molar-refractivity contribution in [2.24, 2.45) is 4.99 Å². The normalized spacial score (nSPS) is 14.1. The lowest BCUT2D eigenvalue weighted by Gasteiger charge is -2.33. The zero-order valence-corrected chi connectivity index (χ0v) is 32.4. The van der Waals surface area contributed by atoms with Crippen LogP contribution in [0.25, 0.3) is 0 Å². The van der Waals surface area contributed by atoms with E-state index in [0.717, 1.165) is 36.6 Å². The minimum atomic E-state index is -4.12. The number of methoxy groups -OCH3 is 1. The quantitative estimate of drug-likeness (QED) is 0.0918. The van der Waals surface area contributed by atoms with E-state index < -0.39 is 27.9 Å². The van der Waals surface area contributed by atoms with Gasteiger partial charge in [0.15, 0.2) is 11.9 Å². The number of ether oxygens (including phenoxy) is 1. The zero-order valence-electron chi connectivity index (χ0n) is 30.8. The molecule has 0 aliphatic carbocycles. The maximum Gasteiger partial charge on any atom is 0.338 e. The summed E-state index contributed by atoms with van der Waals surface area (Å²) in [6, 6.07) is 8.15. The van der Waals surface area contributed by atoms with Crippen molar-refractivity contribution in [3.8, 4) is 5.75 Å². The van der Waals surface area contributed by atoms with E-state index in [1.807, 2.05) is 0 Å². The van der Waals surface area contributed by atoms with Gasteiger partial charge in [-0.05, 0) is 37.1 Å². The van der Waals surface area contributed by atoms with Gasteiger partial charge in [0.25, 0.3) is 15.9 Å². The molecule has 4 rings (SSSR count). The van der Waals surface area contributed by atoms with Gasteiger partial charge in [-0.25, -0.2) is 18.2 Å².